The maximum absolute atomic E-state index is 12.9. The van der Waals surface area contributed by atoms with Crippen LogP contribution in [0.4, 0.5) is 4.79 Å². The summed E-state index contributed by atoms with van der Waals surface area (Å²) in [6.45, 7) is 6.90. The second-order valence-corrected chi connectivity index (χ2v) is 7.59. The predicted octanol–water partition coefficient (Wildman–Crippen LogP) is 2.40. The SMILES string of the molecule is CC(=O)C1CCC2CCCCC(NC(=O)OC(C)(C)C)C(=O)N21. The molecule has 2 rings (SSSR count). The van der Waals surface area contributed by atoms with Crippen molar-refractivity contribution in [2.24, 2.45) is 0 Å². The van der Waals surface area contributed by atoms with Gasteiger partial charge in [-0.1, -0.05) is 12.8 Å². The highest BCUT2D eigenvalue weighted by Gasteiger charge is 2.42. The summed E-state index contributed by atoms with van der Waals surface area (Å²) in [7, 11) is 0. The van der Waals surface area contributed by atoms with Crippen LogP contribution in [0.1, 0.15) is 66.2 Å². The number of hydrogen-bond acceptors (Lipinski definition) is 4. The Balaban J connectivity index is 2.11. The van der Waals surface area contributed by atoms with Gasteiger partial charge in [0, 0.05) is 6.04 Å². The molecule has 2 amide bonds. The summed E-state index contributed by atoms with van der Waals surface area (Å²) in [5.74, 6) is -0.115. The van der Waals surface area contributed by atoms with Gasteiger partial charge in [-0.3, -0.25) is 9.59 Å². The summed E-state index contributed by atoms with van der Waals surface area (Å²) >= 11 is 0. The van der Waals surface area contributed by atoms with Crippen LogP contribution in [0.5, 0.6) is 0 Å². The van der Waals surface area contributed by atoms with Crippen molar-refractivity contribution in [1.82, 2.24) is 10.2 Å². The number of nitrogens with zero attached hydrogens (tertiary/aromatic N) is 1. The van der Waals surface area contributed by atoms with Gasteiger partial charge in [0.05, 0.1) is 6.04 Å². The molecule has 0 radical (unpaired) electrons. The van der Waals surface area contributed by atoms with Crippen molar-refractivity contribution >= 4 is 17.8 Å². The Labute approximate surface area is 137 Å². The number of fused-ring (bicyclic) bond motifs is 1. The van der Waals surface area contributed by atoms with E-state index in [1.54, 1.807) is 25.7 Å². The average Bonchev–Trinajstić information content (AvgIpc) is 2.81. The smallest absolute Gasteiger partial charge is 0.408 e. The molecule has 0 aromatic rings. The van der Waals surface area contributed by atoms with Crippen LogP contribution in [0, 0.1) is 0 Å². The van der Waals surface area contributed by atoms with Crippen molar-refractivity contribution in [2.75, 3.05) is 0 Å². The number of rotatable bonds is 2. The van der Waals surface area contributed by atoms with Crippen molar-refractivity contribution in [2.45, 2.75) is 89.9 Å². The minimum Gasteiger partial charge on any atom is -0.444 e. The van der Waals surface area contributed by atoms with Gasteiger partial charge >= 0.3 is 6.09 Å². The highest BCUT2D eigenvalue weighted by atomic mass is 16.6. The van der Waals surface area contributed by atoms with E-state index < -0.39 is 17.7 Å². The largest absolute Gasteiger partial charge is 0.444 e. The van der Waals surface area contributed by atoms with Crippen LogP contribution in [-0.4, -0.2) is 46.4 Å². The second-order valence-electron chi connectivity index (χ2n) is 7.59. The quantitative estimate of drug-likeness (QED) is 0.846. The van der Waals surface area contributed by atoms with Crippen LogP contribution in [-0.2, 0) is 14.3 Å². The third-order valence-electron chi connectivity index (χ3n) is 4.50. The molecule has 2 fully saturated rings. The fourth-order valence-electron chi connectivity index (χ4n) is 3.51. The number of nitrogens with one attached hydrogen (secondary N) is 1. The van der Waals surface area contributed by atoms with Crippen LogP contribution in [0.2, 0.25) is 0 Å². The molecule has 0 spiro atoms. The Hall–Kier alpha value is -1.59. The highest BCUT2D eigenvalue weighted by Crippen LogP contribution is 2.31. The summed E-state index contributed by atoms with van der Waals surface area (Å²) in [5.41, 5.74) is -0.604. The molecule has 2 aliphatic rings. The molecule has 1 N–H and O–H groups in total. The van der Waals surface area contributed by atoms with E-state index in [-0.39, 0.29) is 23.8 Å². The third-order valence-corrected chi connectivity index (χ3v) is 4.50. The number of ketones is 1. The Kier molecular flexibility index (Phi) is 5.32. The van der Waals surface area contributed by atoms with Gasteiger partial charge in [0.2, 0.25) is 5.91 Å². The lowest BCUT2D eigenvalue weighted by atomic mass is 9.99. The molecule has 6 heteroatoms. The monoisotopic (exact) mass is 324 g/mol. The molecule has 0 aromatic heterocycles. The van der Waals surface area contributed by atoms with E-state index in [0.717, 1.165) is 32.1 Å². The van der Waals surface area contributed by atoms with Crippen molar-refractivity contribution in [3.63, 3.8) is 0 Å². The number of Topliss-reactive ketones (excluding diaryl/α,β-unsaturated/α-hetero) is 1. The molecular formula is C17H28N2O4. The number of ether oxygens (including phenoxy) is 1. The molecule has 0 saturated carbocycles. The topological polar surface area (TPSA) is 75.7 Å². The van der Waals surface area contributed by atoms with E-state index >= 15 is 0 Å². The first kappa shape index (κ1) is 17.8. The lowest BCUT2D eigenvalue weighted by Crippen LogP contribution is -2.55. The van der Waals surface area contributed by atoms with Gasteiger partial charge in [0.25, 0.3) is 0 Å². The summed E-state index contributed by atoms with van der Waals surface area (Å²) < 4.78 is 5.26. The zero-order valence-electron chi connectivity index (χ0n) is 14.6. The van der Waals surface area contributed by atoms with E-state index in [1.807, 2.05) is 0 Å². The van der Waals surface area contributed by atoms with E-state index in [1.165, 1.54) is 6.92 Å². The van der Waals surface area contributed by atoms with Gasteiger partial charge in [-0.2, -0.15) is 0 Å². The Morgan fingerprint density at radius 3 is 2.39 bits per heavy atom. The molecule has 130 valence electrons. The lowest BCUT2D eigenvalue weighted by Gasteiger charge is -2.35. The first-order chi connectivity index (χ1) is 10.7. The van der Waals surface area contributed by atoms with Gasteiger partial charge in [0.15, 0.2) is 5.78 Å². The fourth-order valence-corrected chi connectivity index (χ4v) is 3.51. The van der Waals surface area contributed by atoms with E-state index in [0.29, 0.717) is 6.42 Å². The van der Waals surface area contributed by atoms with Crippen molar-refractivity contribution in [3.05, 3.63) is 0 Å². The summed E-state index contributed by atoms with van der Waals surface area (Å²) in [4.78, 5) is 38.5. The zero-order chi connectivity index (χ0) is 17.2. The fraction of sp³-hybridized carbons (Fsp3) is 0.824. The Morgan fingerprint density at radius 2 is 1.78 bits per heavy atom. The zero-order valence-corrected chi connectivity index (χ0v) is 14.6. The molecule has 2 saturated heterocycles. The highest BCUT2D eigenvalue weighted by molar-refractivity contribution is 5.92. The van der Waals surface area contributed by atoms with Crippen molar-refractivity contribution < 1.29 is 19.1 Å². The molecule has 2 heterocycles. The van der Waals surface area contributed by atoms with Crippen LogP contribution < -0.4 is 5.32 Å². The van der Waals surface area contributed by atoms with Gasteiger partial charge in [-0.15, -0.1) is 0 Å². The van der Waals surface area contributed by atoms with E-state index in [9.17, 15) is 14.4 Å². The Morgan fingerprint density at radius 1 is 1.13 bits per heavy atom. The molecule has 6 nitrogen and oxygen atoms in total. The molecule has 23 heavy (non-hydrogen) atoms. The van der Waals surface area contributed by atoms with Crippen molar-refractivity contribution in [3.8, 4) is 0 Å². The summed E-state index contributed by atoms with van der Waals surface area (Å²) in [6, 6.07) is -0.819. The summed E-state index contributed by atoms with van der Waals surface area (Å²) in [5, 5.41) is 2.70. The van der Waals surface area contributed by atoms with Gasteiger partial charge in [0.1, 0.15) is 11.6 Å². The number of amides is 2. The molecule has 0 aromatic carbocycles. The normalized spacial score (nSPS) is 28.6. The number of alkyl carbamates (subject to hydrolysis) is 1. The van der Waals surface area contributed by atoms with E-state index in [4.69, 9.17) is 4.74 Å². The Bertz CT molecular complexity index is 483. The molecule has 3 atom stereocenters. The van der Waals surface area contributed by atoms with Gasteiger partial charge in [-0.25, -0.2) is 4.79 Å². The molecule has 3 unspecified atom stereocenters. The molecule has 2 aliphatic heterocycles. The maximum Gasteiger partial charge on any atom is 0.408 e. The first-order valence-electron chi connectivity index (χ1n) is 8.51. The lowest BCUT2D eigenvalue weighted by molar-refractivity contribution is -0.141. The number of hydrogen-bond donors (Lipinski definition) is 1. The minimum atomic E-state index is -0.604. The van der Waals surface area contributed by atoms with Crippen LogP contribution in [0.15, 0.2) is 0 Å². The van der Waals surface area contributed by atoms with Gasteiger partial charge in [-0.05, 0) is 53.4 Å². The van der Waals surface area contributed by atoms with Crippen LogP contribution >= 0.6 is 0 Å². The van der Waals surface area contributed by atoms with Crippen molar-refractivity contribution in [1.29, 1.82) is 0 Å². The number of carbonyl (C=O) groups is 3. The van der Waals surface area contributed by atoms with Gasteiger partial charge < -0.3 is 15.0 Å². The predicted molar refractivity (Wildman–Crippen MR) is 86.0 cm³/mol. The van der Waals surface area contributed by atoms with Crippen LogP contribution in [0.3, 0.4) is 0 Å². The molecule has 0 bridgehead atoms. The maximum atomic E-state index is 12.9. The summed E-state index contributed by atoms with van der Waals surface area (Å²) in [6.07, 6.45) is 4.44. The first-order valence-corrected chi connectivity index (χ1v) is 8.51. The van der Waals surface area contributed by atoms with E-state index in [2.05, 4.69) is 5.32 Å². The molecular weight excluding hydrogens is 296 g/mol. The average molecular weight is 324 g/mol. The second kappa shape index (κ2) is 6.89. The third kappa shape index (κ3) is 4.45. The van der Waals surface area contributed by atoms with Crippen LogP contribution in [0.25, 0.3) is 0 Å². The number of carbonyl (C=O) groups excluding carboxylic acids is 3. The standard InChI is InChI=1S/C17H28N2O4/c1-11(20)14-10-9-12-7-5-6-8-13(15(21)19(12)14)18-16(22)23-17(2,3)4/h12-14H,5-10H2,1-4H3,(H,18,22). The molecule has 0 aliphatic carbocycles. The minimum absolute atomic E-state index is 0.0254.